The summed E-state index contributed by atoms with van der Waals surface area (Å²) in [5, 5.41) is 9.58. The third-order valence-electron chi connectivity index (χ3n) is 3.71. The zero-order valence-electron chi connectivity index (χ0n) is 12.0. The fraction of sp³-hybridized carbons (Fsp3) is 0.235. The number of nitrogens with zero attached hydrogens (tertiary/aromatic N) is 1. The van der Waals surface area contributed by atoms with Crippen molar-refractivity contribution >= 4 is 28.5 Å². The fourth-order valence-corrected chi connectivity index (χ4v) is 2.96. The van der Waals surface area contributed by atoms with E-state index < -0.39 is 0 Å². The highest BCUT2D eigenvalue weighted by molar-refractivity contribution is 14.1. The fourth-order valence-electron chi connectivity index (χ4n) is 2.44. The first-order valence-electron chi connectivity index (χ1n) is 7.11. The maximum absolute atomic E-state index is 12.4. The molecule has 3 rings (SSSR count). The second-order valence-corrected chi connectivity index (χ2v) is 6.31. The summed E-state index contributed by atoms with van der Waals surface area (Å²) in [4.78, 5) is 14.2. The van der Waals surface area contributed by atoms with Crippen molar-refractivity contribution in [3.05, 3.63) is 51.6 Å². The molecule has 0 bridgehead atoms. The van der Waals surface area contributed by atoms with Gasteiger partial charge in [-0.2, -0.15) is 0 Å². The van der Waals surface area contributed by atoms with Gasteiger partial charge in [0.1, 0.15) is 5.75 Å². The first-order valence-corrected chi connectivity index (χ1v) is 8.19. The summed E-state index contributed by atoms with van der Waals surface area (Å²) >= 11 is 2.10. The SMILES string of the molecule is O=C(c1ccc(-c2ccc(O)c(I)c2)cc1)N1CCOCC1. The monoisotopic (exact) mass is 409 g/mol. The van der Waals surface area contributed by atoms with E-state index in [-0.39, 0.29) is 11.7 Å². The third kappa shape index (κ3) is 3.25. The normalized spacial score (nSPS) is 14.9. The minimum atomic E-state index is 0.0511. The predicted molar refractivity (Wildman–Crippen MR) is 93.0 cm³/mol. The number of morpholine rings is 1. The molecule has 1 fully saturated rings. The molecule has 2 aromatic carbocycles. The molecule has 0 atom stereocenters. The van der Waals surface area contributed by atoms with Crippen LogP contribution in [0.1, 0.15) is 10.4 Å². The lowest BCUT2D eigenvalue weighted by molar-refractivity contribution is 0.0303. The minimum absolute atomic E-state index is 0.0511. The van der Waals surface area contributed by atoms with E-state index in [1.807, 2.05) is 41.3 Å². The largest absolute Gasteiger partial charge is 0.507 e. The van der Waals surface area contributed by atoms with E-state index in [0.29, 0.717) is 31.9 Å². The molecule has 1 aliphatic rings. The molecule has 2 aromatic rings. The lowest BCUT2D eigenvalue weighted by atomic mass is 10.0. The van der Waals surface area contributed by atoms with Crippen LogP contribution in [0.25, 0.3) is 11.1 Å². The average Bonchev–Trinajstić information content (AvgIpc) is 2.58. The number of amides is 1. The molecule has 5 heteroatoms. The summed E-state index contributed by atoms with van der Waals surface area (Å²) in [6, 6.07) is 13.1. The second-order valence-electron chi connectivity index (χ2n) is 5.15. The second kappa shape index (κ2) is 6.66. The number of ether oxygens (including phenoxy) is 1. The smallest absolute Gasteiger partial charge is 0.254 e. The Balaban J connectivity index is 1.79. The Labute approximate surface area is 142 Å². The van der Waals surface area contributed by atoms with E-state index in [4.69, 9.17) is 4.74 Å². The molecule has 1 N–H and O–H groups in total. The number of phenols is 1. The molecule has 1 heterocycles. The summed E-state index contributed by atoms with van der Waals surface area (Å²) in [6.07, 6.45) is 0. The molecule has 0 aliphatic carbocycles. The van der Waals surface area contributed by atoms with Gasteiger partial charge in [0, 0.05) is 18.7 Å². The van der Waals surface area contributed by atoms with E-state index in [1.54, 1.807) is 6.07 Å². The zero-order valence-corrected chi connectivity index (χ0v) is 14.1. The van der Waals surface area contributed by atoms with E-state index in [1.165, 1.54) is 0 Å². The van der Waals surface area contributed by atoms with E-state index in [2.05, 4.69) is 22.6 Å². The van der Waals surface area contributed by atoms with Gasteiger partial charge >= 0.3 is 0 Å². The van der Waals surface area contributed by atoms with Gasteiger partial charge in [-0.25, -0.2) is 0 Å². The number of carbonyl (C=O) groups excluding carboxylic acids is 1. The topological polar surface area (TPSA) is 49.8 Å². The van der Waals surface area contributed by atoms with Crippen molar-refractivity contribution < 1.29 is 14.6 Å². The first-order chi connectivity index (χ1) is 10.6. The van der Waals surface area contributed by atoms with Crippen molar-refractivity contribution in [1.82, 2.24) is 4.90 Å². The van der Waals surface area contributed by atoms with Crippen LogP contribution in [0.2, 0.25) is 0 Å². The van der Waals surface area contributed by atoms with Crippen molar-refractivity contribution in [2.75, 3.05) is 26.3 Å². The average molecular weight is 409 g/mol. The van der Waals surface area contributed by atoms with E-state index >= 15 is 0 Å². The number of phenolic OH excluding ortho intramolecular Hbond substituents is 1. The molecule has 0 unspecified atom stereocenters. The van der Waals surface area contributed by atoms with Crippen LogP contribution in [0.15, 0.2) is 42.5 Å². The highest BCUT2D eigenvalue weighted by atomic mass is 127. The minimum Gasteiger partial charge on any atom is -0.507 e. The highest BCUT2D eigenvalue weighted by Crippen LogP contribution is 2.27. The van der Waals surface area contributed by atoms with E-state index in [9.17, 15) is 9.90 Å². The van der Waals surface area contributed by atoms with Crippen LogP contribution in [0, 0.1) is 3.57 Å². The van der Waals surface area contributed by atoms with Crippen molar-refractivity contribution in [3.8, 4) is 16.9 Å². The predicted octanol–water partition coefficient (Wildman–Crippen LogP) is 3.14. The third-order valence-corrected chi connectivity index (χ3v) is 4.58. The number of hydrogen-bond donors (Lipinski definition) is 1. The van der Waals surface area contributed by atoms with Crippen LogP contribution in [0.4, 0.5) is 0 Å². The zero-order chi connectivity index (χ0) is 15.5. The number of halogens is 1. The molecule has 114 valence electrons. The standard InChI is InChI=1S/C17H16INO3/c18-15-11-14(5-6-16(15)20)12-1-3-13(4-2-12)17(21)19-7-9-22-10-8-19/h1-6,11,20H,7-10H2. The summed E-state index contributed by atoms with van der Waals surface area (Å²) in [5.41, 5.74) is 2.74. The Hall–Kier alpha value is -1.60. The molecule has 0 aromatic heterocycles. The number of hydrogen-bond acceptors (Lipinski definition) is 3. The summed E-state index contributed by atoms with van der Waals surface area (Å²) < 4.78 is 6.08. The molecule has 1 aliphatic heterocycles. The van der Waals surface area contributed by atoms with Gasteiger partial charge in [0.15, 0.2) is 0 Å². The van der Waals surface area contributed by atoms with Crippen molar-refractivity contribution in [2.24, 2.45) is 0 Å². The molecule has 0 spiro atoms. The molecule has 22 heavy (non-hydrogen) atoms. The quantitative estimate of drug-likeness (QED) is 0.776. The van der Waals surface area contributed by atoms with E-state index in [0.717, 1.165) is 14.7 Å². The number of rotatable bonds is 2. The van der Waals surface area contributed by atoms with Gasteiger partial charge in [0.05, 0.1) is 16.8 Å². The molecule has 0 radical (unpaired) electrons. The first kappa shape index (κ1) is 15.3. The summed E-state index contributed by atoms with van der Waals surface area (Å²) in [6.45, 7) is 2.51. The van der Waals surface area contributed by atoms with Crippen LogP contribution in [-0.4, -0.2) is 42.2 Å². The number of aromatic hydroxyl groups is 1. The van der Waals surface area contributed by atoms with Gasteiger partial charge in [-0.15, -0.1) is 0 Å². The molecule has 0 saturated carbocycles. The van der Waals surface area contributed by atoms with Crippen LogP contribution in [0.5, 0.6) is 5.75 Å². The van der Waals surface area contributed by atoms with Crippen LogP contribution in [-0.2, 0) is 4.74 Å². The Morgan fingerprint density at radius 1 is 1.05 bits per heavy atom. The van der Waals surface area contributed by atoms with Crippen molar-refractivity contribution in [3.63, 3.8) is 0 Å². The molecule has 1 saturated heterocycles. The van der Waals surface area contributed by atoms with Gasteiger partial charge in [-0.05, 0) is 58.0 Å². The van der Waals surface area contributed by atoms with Gasteiger partial charge < -0.3 is 14.7 Å². The van der Waals surface area contributed by atoms with Gasteiger partial charge in [0.25, 0.3) is 5.91 Å². The number of carbonyl (C=O) groups is 1. The Kier molecular flexibility index (Phi) is 4.63. The van der Waals surface area contributed by atoms with Crippen molar-refractivity contribution in [1.29, 1.82) is 0 Å². The molecular formula is C17H16INO3. The molecule has 4 nitrogen and oxygen atoms in total. The van der Waals surface area contributed by atoms with Gasteiger partial charge in [-0.3, -0.25) is 4.79 Å². The van der Waals surface area contributed by atoms with Gasteiger partial charge in [-0.1, -0.05) is 18.2 Å². The Morgan fingerprint density at radius 3 is 2.32 bits per heavy atom. The van der Waals surface area contributed by atoms with Crippen LogP contribution >= 0.6 is 22.6 Å². The number of benzene rings is 2. The molecule has 1 amide bonds. The highest BCUT2D eigenvalue weighted by Gasteiger charge is 2.18. The maximum atomic E-state index is 12.4. The lowest BCUT2D eigenvalue weighted by Crippen LogP contribution is -2.40. The van der Waals surface area contributed by atoms with Crippen LogP contribution in [0.3, 0.4) is 0 Å². The van der Waals surface area contributed by atoms with Gasteiger partial charge in [0.2, 0.25) is 0 Å². The summed E-state index contributed by atoms with van der Waals surface area (Å²) in [5.74, 6) is 0.332. The lowest BCUT2D eigenvalue weighted by Gasteiger charge is -2.26. The molecular weight excluding hydrogens is 393 g/mol. The van der Waals surface area contributed by atoms with Crippen molar-refractivity contribution in [2.45, 2.75) is 0 Å². The van der Waals surface area contributed by atoms with Crippen LogP contribution < -0.4 is 0 Å². The Morgan fingerprint density at radius 2 is 1.68 bits per heavy atom. The Bertz CT molecular complexity index is 679. The summed E-state index contributed by atoms with van der Waals surface area (Å²) in [7, 11) is 0. The maximum Gasteiger partial charge on any atom is 0.254 e.